The SMILES string of the molecule is Cc1cc(I)cc2c1N[C@H](C(=O)[O-])[C@@H]1CC=C[C@@H]21. The van der Waals surface area contributed by atoms with Crippen molar-refractivity contribution >= 4 is 34.2 Å². The molecule has 0 spiro atoms. The lowest BCUT2D eigenvalue weighted by atomic mass is 9.78. The van der Waals surface area contributed by atoms with Gasteiger partial charge in [-0.3, -0.25) is 0 Å². The van der Waals surface area contributed by atoms with Crippen LogP contribution in [0.5, 0.6) is 0 Å². The van der Waals surface area contributed by atoms with Crippen molar-refractivity contribution < 1.29 is 9.90 Å². The van der Waals surface area contributed by atoms with Crippen LogP contribution in [0.15, 0.2) is 24.3 Å². The number of aliphatic carboxylic acids is 1. The highest BCUT2D eigenvalue weighted by Crippen LogP contribution is 2.45. The van der Waals surface area contributed by atoms with E-state index in [1.807, 2.05) is 6.92 Å². The van der Waals surface area contributed by atoms with Crippen LogP contribution in [0.25, 0.3) is 0 Å². The molecule has 4 heteroatoms. The molecule has 3 rings (SSSR count). The van der Waals surface area contributed by atoms with E-state index in [9.17, 15) is 9.90 Å². The first-order valence-electron chi connectivity index (χ1n) is 6.02. The molecule has 2 aliphatic rings. The first kappa shape index (κ1) is 12.0. The minimum absolute atomic E-state index is 0.0834. The number of benzene rings is 1. The van der Waals surface area contributed by atoms with E-state index < -0.39 is 12.0 Å². The van der Waals surface area contributed by atoms with Crippen LogP contribution in [0, 0.1) is 16.4 Å². The Labute approximate surface area is 119 Å². The van der Waals surface area contributed by atoms with Gasteiger partial charge < -0.3 is 15.2 Å². The van der Waals surface area contributed by atoms with Gasteiger partial charge in [0.25, 0.3) is 0 Å². The second-order valence-electron chi connectivity index (χ2n) is 4.98. The second kappa shape index (κ2) is 4.26. The summed E-state index contributed by atoms with van der Waals surface area (Å²) >= 11 is 2.30. The predicted octanol–water partition coefficient (Wildman–Crippen LogP) is 1.80. The summed E-state index contributed by atoms with van der Waals surface area (Å²) in [4.78, 5) is 11.3. The van der Waals surface area contributed by atoms with Gasteiger partial charge in [-0.2, -0.15) is 0 Å². The van der Waals surface area contributed by atoms with Crippen molar-refractivity contribution in [3.8, 4) is 0 Å². The van der Waals surface area contributed by atoms with Crippen LogP contribution in [-0.2, 0) is 4.79 Å². The Morgan fingerprint density at radius 1 is 1.50 bits per heavy atom. The molecule has 3 nitrogen and oxygen atoms in total. The normalized spacial score (nSPS) is 28.4. The van der Waals surface area contributed by atoms with Crippen molar-refractivity contribution in [1.82, 2.24) is 0 Å². The van der Waals surface area contributed by atoms with E-state index in [1.54, 1.807) is 0 Å². The molecule has 0 fully saturated rings. The lowest BCUT2D eigenvalue weighted by molar-refractivity contribution is -0.308. The predicted molar refractivity (Wildman–Crippen MR) is 76.3 cm³/mol. The topological polar surface area (TPSA) is 52.2 Å². The van der Waals surface area contributed by atoms with Crippen molar-refractivity contribution in [2.24, 2.45) is 5.92 Å². The molecule has 1 aromatic rings. The highest BCUT2D eigenvalue weighted by Gasteiger charge is 2.38. The number of carboxylic acid groups (broad SMARTS) is 1. The van der Waals surface area contributed by atoms with E-state index >= 15 is 0 Å². The second-order valence-corrected chi connectivity index (χ2v) is 6.23. The summed E-state index contributed by atoms with van der Waals surface area (Å²) in [5.74, 6) is -0.713. The van der Waals surface area contributed by atoms with Crippen molar-refractivity contribution in [2.45, 2.75) is 25.3 Å². The smallest absolute Gasteiger partial charge is 0.0698 e. The number of halogens is 1. The van der Waals surface area contributed by atoms with Gasteiger partial charge in [-0.25, -0.2) is 0 Å². The maximum absolute atomic E-state index is 11.3. The molecule has 0 amide bonds. The Hall–Kier alpha value is -1.04. The molecule has 1 aliphatic heterocycles. The number of carboxylic acids is 1. The Bertz CT molecular complexity index is 553. The number of fused-ring (bicyclic) bond motifs is 3. The van der Waals surface area contributed by atoms with Gasteiger partial charge in [0, 0.05) is 15.2 Å². The molecule has 1 N–H and O–H groups in total. The first-order chi connectivity index (χ1) is 8.58. The molecular formula is C14H13INO2-. The number of hydrogen-bond donors (Lipinski definition) is 1. The fraction of sp³-hybridized carbons (Fsp3) is 0.357. The van der Waals surface area contributed by atoms with Crippen LogP contribution in [0.4, 0.5) is 5.69 Å². The van der Waals surface area contributed by atoms with Crippen LogP contribution in [0.2, 0.25) is 0 Å². The average molecular weight is 354 g/mol. The molecule has 0 bridgehead atoms. The standard InChI is InChI=1S/C14H14INO2/c1-7-5-8(15)6-11-9-3-2-4-10(9)13(14(17)18)16-12(7)11/h2-3,5-6,9-10,13,16H,4H2,1H3,(H,17,18)/p-1/t9-,10-,13+/m1/s1. The number of hydrogen-bond acceptors (Lipinski definition) is 3. The molecule has 94 valence electrons. The number of aryl methyl sites for hydroxylation is 1. The summed E-state index contributed by atoms with van der Waals surface area (Å²) < 4.78 is 1.19. The third kappa shape index (κ3) is 1.74. The first-order valence-corrected chi connectivity index (χ1v) is 7.10. The van der Waals surface area contributed by atoms with Crippen LogP contribution < -0.4 is 10.4 Å². The van der Waals surface area contributed by atoms with Gasteiger partial charge in [-0.1, -0.05) is 12.2 Å². The lowest BCUT2D eigenvalue weighted by Gasteiger charge is -2.38. The minimum atomic E-state index is -1.00. The highest BCUT2D eigenvalue weighted by atomic mass is 127. The Kier molecular flexibility index (Phi) is 2.84. The molecule has 1 heterocycles. The van der Waals surface area contributed by atoms with Crippen molar-refractivity contribution in [2.75, 3.05) is 5.32 Å². The van der Waals surface area contributed by atoms with E-state index in [4.69, 9.17) is 0 Å². The molecule has 18 heavy (non-hydrogen) atoms. The van der Waals surface area contributed by atoms with E-state index in [2.05, 4.69) is 52.2 Å². The Balaban J connectivity index is 2.14. The monoisotopic (exact) mass is 354 g/mol. The summed E-state index contributed by atoms with van der Waals surface area (Å²) in [7, 11) is 0. The number of allylic oxidation sites excluding steroid dienone is 2. The van der Waals surface area contributed by atoms with Crippen LogP contribution in [0.3, 0.4) is 0 Å². The van der Waals surface area contributed by atoms with E-state index in [-0.39, 0.29) is 11.8 Å². The van der Waals surface area contributed by atoms with Gasteiger partial charge in [0.15, 0.2) is 0 Å². The molecule has 0 saturated heterocycles. The van der Waals surface area contributed by atoms with Gasteiger partial charge in [0.1, 0.15) is 0 Å². The van der Waals surface area contributed by atoms with Gasteiger partial charge in [0.05, 0.1) is 12.0 Å². The summed E-state index contributed by atoms with van der Waals surface area (Å²) in [6.07, 6.45) is 5.02. The summed E-state index contributed by atoms with van der Waals surface area (Å²) in [5.41, 5.74) is 3.29. The highest BCUT2D eigenvalue weighted by molar-refractivity contribution is 14.1. The summed E-state index contributed by atoms with van der Waals surface area (Å²) in [6, 6.07) is 3.63. The fourth-order valence-electron chi connectivity index (χ4n) is 3.07. The number of anilines is 1. The van der Waals surface area contributed by atoms with Crippen molar-refractivity contribution in [1.29, 1.82) is 0 Å². The van der Waals surface area contributed by atoms with Crippen molar-refractivity contribution in [3.63, 3.8) is 0 Å². The fourth-order valence-corrected chi connectivity index (χ4v) is 3.88. The number of nitrogens with one attached hydrogen (secondary N) is 1. The van der Waals surface area contributed by atoms with Crippen LogP contribution in [-0.4, -0.2) is 12.0 Å². The minimum Gasteiger partial charge on any atom is -0.548 e. The number of carbonyl (C=O) groups excluding carboxylic acids is 1. The zero-order valence-corrected chi connectivity index (χ0v) is 12.1. The zero-order chi connectivity index (χ0) is 12.9. The number of rotatable bonds is 1. The van der Waals surface area contributed by atoms with E-state index in [0.717, 1.165) is 17.7 Å². The molecule has 0 aromatic heterocycles. The van der Waals surface area contributed by atoms with Crippen molar-refractivity contribution in [3.05, 3.63) is 39.0 Å². The van der Waals surface area contributed by atoms with Gasteiger partial charge in [0.2, 0.25) is 0 Å². The maximum Gasteiger partial charge on any atom is 0.0698 e. The average Bonchev–Trinajstić information content (AvgIpc) is 2.76. The lowest BCUT2D eigenvalue weighted by Crippen LogP contribution is -2.49. The Morgan fingerprint density at radius 2 is 2.28 bits per heavy atom. The van der Waals surface area contributed by atoms with Gasteiger partial charge >= 0.3 is 0 Å². The zero-order valence-electron chi connectivity index (χ0n) is 9.94. The molecule has 0 unspecified atom stereocenters. The summed E-state index contributed by atoms with van der Waals surface area (Å²) in [6.45, 7) is 2.01. The molecule has 0 saturated carbocycles. The van der Waals surface area contributed by atoms with E-state index in [0.29, 0.717) is 0 Å². The van der Waals surface area contributed by atoms with E-state index in [1.165, 1.54) is 9.13 Å². The molecule has 1 aromatic carbocycles. The number of carbonyl (C=O) groups is 1. The molecular weight excluding hydrogens is 341 g/mol. The summed E-state index contributed by atoms with van der Waals surface area (Å²) in [5, 5.41) is 14.4. The quantitative estimate of drug-likeness (QED) is 0.618. The Morgan fingerprint density at radius 3 is 3.00 bits per heavy atom. The van der Waals surface area contributed by atoms with Crippen LogP contribution in [0.1, 0.15) is 23.5 Å². The molecule has 3 atom stereocenters. The van der Waals surface area contributed by atoms with Crippen LogP contribution >= 0.6 is 22.6 Å². The van der Waals surface area contributed by atoms with Gasteiger partial charge in [-0.05, 0) is 65.1 Å². The van der Waals surface area contributed by atoms with Gasteiger partial charge in [-0.15, -0.1) is 0 Å². The maximum atomic E-state index is 11.3. The third-order valence-corrected chi connectivity index (χ3v) is 4.51. The largest absolute Gasteiger partial charge is 0.548 e. The molecule has 1 aliphatic carbocycles. The molecule has 0 radical (unpaired) electrons. The third-order valence-electron chi connectivity index (χ3n) is 3.88.